The molecule has 1 aromatic carbocycles. The molecular formula is C10H8N2O2S. The first-order chi connectivity index (χ1) is 7.15. The summed E-state index contributed by atoms with van der Waals surface area (Å²) < 4.78 is 0. The van der Waals surface area contributed by atoms with E-state index in [0.29, 0.717) is 4.91 Å². The van der Waals surface area contributed by atoms with E-state index in [1.54, 1.807) is 30.3 Å². The van der Waals surface area contributed by atoms with Gasteiger partial charge in [0.25, 0.3) is 5.91 Å². The number of carbonyl (C=O) groups excluding carboxylic acids is 1. The predicted molar refractivity (Wildman–Crippen MR) is 60.3 cm³/mol. The third-order valence-corrected chi connectivity index (χ3v) is 2.62. The molecule has 3 N–H and O–H groups in total. The van der Waals surface area contributed by atoms with Gasteiger partial charge >= 0.3 is 0 Å². The maximum absolute atomic E-state index is 11.3. The highest BCUT2D eigenvalue weighted by Crippen LogP contribution is 2.26. The number of benzene rings is 1. The van der Waals surface area contributed by atoms with Gasteiger partial charge in [-0.1, -0.05) is 12.1 Å². The van der Waals surface area contributed by atoms with Crippen LogP contribution in [0.25, 0.3) is 6.08 Å². The van der Waals surface area contributed by atoms with E-state index >= 15 is 0 Å². The Labute approximate surface area is 90.5 Å². The Morgan fingerprint density at radius 1 is 1.47 bits per heavy atom. The van der Waals surface area contributed by atoms with Crippen LogP contribution in [0, 0.1) is 0 Å². The molecule has 0 aliphatic carbocycles. The average molecular weight is 220 g/mol. The summed E-state index contributed by atoms with van der Waals surface area (Å²) in [5, 5.41) is 9.49. The molecule has 1 amide bonds. The number of carbonyl (C=O) groups is 1. The lowest BCUT2D eigenvalue weighted by Gasteiger charge is -1.96. The fraction of sp³-hybridized carbons (Fsp3) is 0. The lowest BCUT2D eigenvalue weighted by Crippen LogP contribution is -2.01. The lowest BCUT2D eigenvalue weighted by atomic mass is 10.2. The van der Waals surface area contributed by atoms with Crippen molar-refractivity contribution in [3.63, 3.8) is 0 Å². The minimum atomic E-state index is -0.333. The maximum Gasteiger partial charge on any atom is 0.286 e. The number of rotatable bonds is 1. The van der Waals surface area contributed by atoms with Crippen molar-refractivity contribution < 1.29 is 9.90 Å². The number of aliphatic imine (C=N–C) groups is 1. The average Bonchev–Trinajstić information content (AvgIpc) is 2.45. The van der Waals surface area contributed by atoms with Crippen molar-refractivity contribution in [3.8, 4) is 5.75 Å². The first kappa shape index (κ1) is 9.79. The van der Waals surface area contributed by atoms with Crippen LogP contribution in [0.1, 0.15) is 5.56 Å². The van der Waals surface area contributed by atoms with E-state index in [1.165, 1.54) is 0 Å². The van der Waals surface area contributed by atoms with Gasteiger partial charge in [-0.3, -0.25) is 4.79 Å². The summed E-state index contributed by atoms with van der Waals surface area (Å²) in [7, 11) is 0. The van der Waals surface area contributed by atoms with Crippen molar-refractivity contribution in [3.05, 3.63) is 34.7 Å². The predicted octanol–water partition coefficient (Wildman–Crippen LogP) is 1.32. The zero-order chi connectivity index (χ0) is 10.8. The molecule has 76 valence electrons. The molecule has 0 saturated carbocycles. The Hall–Kier alpha value is -1.75. The number of nitrogens with zero attached hydrogens (tertiary/aromatic N) is 1. The molecule has 0 spiro atoms. The highest BCUT2D eigenvalue weighted by molar-refractivity contribution is 8.18. The van der Waals surface area contributed by atoms with Crippen LogP contribution in [0.5, 0.6) is 5.75 Å². The molecule has 1 aromatic rings. The van der Waals surface area contributed by atoms with Gasteiger partial charge in [0.15, 0.2) is 5.17 Å². The van der Waals surface area contributed by atoms with Crippen LogP contribution in [-0.2, 0) is 4.79 Å². The summed E-state index contributed by atoms with van der Waals surface area (Å²) in [6.45, 7) is 0. The topological polar surface area (TPSA) is 75.7 Å². The van der Waals surface area contributed by atoms with Gasteiger partial charge in [0.05, 0.1) is 4.91 Å². The SMILES string of the molecule is NC1=NC(=O)/C(=C/c2cccc(O)c2)S1. The van der Waals surface area contributed by atoms with E-state index in [9.17, 15) is 9.90 Å². The highest BCUT2D eigenvalue weighted by atomic mass is 32.2. The molecule has 0 bridgehead atoms. The molecule has 0 saturated heterocycles. The van der Waals surface area contributed by atoms with Gasteiger partial charge in [0, 0.05) is 0 Å². The Bertz CT molecular complexity index is 480. The largest absolute Gasteiger partial charge is 0.508 e. The molecule has 1 aliphatic rings. The Morgan fingerprint density at radius 2 is 2.27 bits per heavy atom. The molecule has 0 fully saturated rings. The normalized spacial score (nSPS) is 18.3. The second-order valence-corrected chi connectivity index (χ2v) is 4.02. The van der Waals surface area contributed by atoms with Crippen LogP contribution >= 0.6 is 11.8 Å². The van der Waals surface area contributed by atoms with E-state index in [1.807, 2.05) is 0 Å². The Balaban J connectivity index is 2.29. The first-order valence-corrected chi connectivity index (χ1v) is 5.04. The van der Waals surface area contributed by atoms with Gasteiger partial charge < -0.3 is 10.8 Å². The van der Waals surface area contributed by atoms with E-state index in [0.717, 1.165) is 17.3 Å². The fourth-order valence-electron chi connectivity index (χ4n) is 1.19. The summed E-state index contributed by atoms with van der Waals surface area (Å²) in [5.74, 6) is -0.172. The molecule has 5 heteroatoms. The third-order valence-electron chi connectivity index (χ3n) is 1.81. The van der Waals surface area contributed by atoms with Gasteiger partial charge in [0.1, 0.15) is 5.75 Å². The van der Waals surface area contributed by atoms with E-state index in [-0.39, 0.29) is 16.8 Å². The number of hydrogen-bond acceptors (Lipinski definition) is 4. The first-order valence-electron chi connectivity index (χ1n) is 4.22. The second kappa shape index (κ2) is 3.78. The molecule has 1 aliphatic heterocycles. The Kier molecular flexibility index (Phi) is 2.47. The van der Waals surface area contributed by atoms with E-state index in [2.05, 4.69) is 4.99 Å². The molecular weight excluding hydrogens is 212 g/mol. The Morgan fingerprint density at radius 3 is 2.87 bits per heavy atom. The van der Waals surface area contributed by atoms with Crippen molar-refractivity contribution >= 4 is 28.9 Å². The number of phenolic OH excluding ortho intramolecular Hbond substituents is 1. The summed E-state index contributed by atoms with van der Waals surface area (Å²) in [6, 6.07) is 6.62. The van der Waals surface area contributed by atoms with Crippen LogP contribution in [0.4, 0.5) is 0 Å². The summed E-state index contributed by atoms with van der Waals surface area (Å²) in [6.07, 6.45) is 1.65. The standard InChI is InChI=1S/C10H8N2O2S/c11-10-12-9(14)8(15-10)5-6-2-1-3-7(13)4-6/h1-5,13H,(H2,11,12,14)/b8-5-. The third kappa shape index (κ3) is 2.19. The maximum atomic E-state index is 11.3. The summed E-state index contributed by atoms with van der Waals surface area (Å²) in [5.41, 5.74) is 6.15. The molecule has 0 aromatic heterocycles. The number of hydrogen-bond donors (Lipinski definition) is 2. The molecule has 0 atom stereocenters. The monoisotopic (exact) mass is 220 g/mol. The quantitative estimate of drug-likeness (QED) is 0.700. The molecule has 1 heterocycles. The second-order valence-electron chi connectivity index (χ2n) is 2.96. The molecule has 4 nitrogen and oxygen atoms in total. The zero-order valence-corrected chi connectivity index (χ0v) is 8.49. The fourth-order valence-corrected chi connectivity index (χ4v) is 1.87. The van der Waals surface area contributed by atoms with Crippen molar-refractivity contribution in [2.24, 2.45) is 10.7 Å². The van der Waals surface area contributed by atoms with Crippen LogP contribution in [-0.4, -0.2) is 16.2 Å². The van der Waals surface area contributed by atoms with E-state index in [4.69, 9.17) is 5.73 Å². The summed E-state index contributed by atoms with van der Waals surface area (Å²) in [4.78, 5) is 15.3. The number of amidine groups is 1. The molecule has 0 unspecified atom stereocenters. The van der Waals surface area contributed by atoms with Gasteiger partial charge in [-0.2, -0.15) is 4.99 Å². The van der Waals surface area contributed by atoms with Crippen LogP contribution in [0.3, 0.4) is 0 Å². The number of aromatic hydroxyl groups is 1. The number of nitrogens with two attached hydrogens (primary N) is 1. The van der Waals surface area contributed by atoms with Crippen molar-refractivity contribution in [2.45, 2.75) is 0 Å². The smallest absolute Gasteiger partial charge is 0.286 e. The van der Waals surface area contributed by atoms with Crippen LogP contribution in [0.2, 0.25) is 0 Å². The summed E-state index contributed by atoms with van der Waals surface area (Å²) >= 11 is 1.13. The van der Waals surface area contributed by atoms with Crippen molar-refractivity contribution in [2.75, 3.05) is 0 Å². The van der Waals surface area contributed by atoms with Crippen LogP contribution < -0.4 is 5.73 Å². The number of phenols is 1. The highest BCUT2D eigenvalue weighted by Gasteiger charge is 2.19. The van der Waals surface area contributed by atoms with Crippen molar-refractivity contribution in [1.29, 1.82) is 0 Å². The minimum Gasteiger partial charge on any atom is -0.508 e. The molecule has 15 heavy (non-hydrogen) atoms. The van der Waals surface area contributed by atoms with Gasteiger partial charge in [0.2, 0.25) is 0 Å². The lowest BCUT2D eigenvalue weighted by molar-refractivity contribution is -0.113. The number of amides is 1. The van der Waals surface area contributed by atoms with E-state index < -0.39 is 0 Å². The van der Waals surface area contributed by atoms with Crippen LogP contribution in [0.15, 0.2) is 34.2 Å². The van der Waals surface area contributed by atoms with Crippen molar-refractivity contribution in [1.82, 2.24) is 0 Å². The van der Waals surface area contributed by atoms with Gasteiger partial charge in [-0.25, -0.2) is 0 Å². The number of thioether (sulfide) groups is 1. The zero-order valence-electron chi connectivity index (χ0n) is 7.68. The van der Waals surface area contributed by atoms with Gasteiger partial charge in [-0.05, 0) is 35.5 Å². The van der Waals surface area contributed by atoms with Gasteiger partial charge in [-0.15, -0.1) is 0 Å². The molecule has 0 radical (unpaired) electrons. The molecule has 2 rings (SSSR count). The minimum absolute atomic E-state index is 0.161.